The normalized spacial score (nSPS) is 9.06. The molecule has 1 N–H and O–H groups in total. The monoisotopic (exact) mass is 230 g/mol. The maximum absolute atomic E-state index is 10.5. The zero-order valence-corrected chi connectivity index (χ0v) is 9.01. The van der Waals surface area contributed by atoms with Crippen molar-refractivity contribution in [3.8, 4) is 18.4 Å². The number of rotatable bonds is 5. The van der Waals surface area contributed by atoms with Gasteiger partial charge in [-0.05, 0) is 6.42 Å². The van der Waals surface area contributed by atoms with Crippen LogP contribution in [0.3, 0.4) is 0 Å². The number of nitrogens with one attached hydrogen (secondary N) is 1. The number of anilines is 1. The molecule has 0 fully saturated rings. The smallest absolute Gasteiger partial charge is 0.289 e. The van der Waals surface area contributed by atoms with Crippen LogP contribution in [0.5, 0.6) is 0 Å². The van der Waals surface area contributed by atoms with Crippen LogP contribution in [0.15, 0.2) is 12.3 Å². The maximum Gasteiger partial charge on any atom is 0.289 e. The molecule has 0 aliphatic rings. The molecule has 6 heteroatoms. The largest absolute Gasteiger partial charge is 0.369 e. The fourth-order valence-electron chi connectivity index (χ4n) is 1.18. The minimum Gasteiger partial charge on any atom is -0.369 e. The first-order chi connectivity index (χ1) is 8.19. The first-order valence-electron chi connectivity index (χ1n) is 4.91. The number of unbranched alkanes of at least 4 members (excludes halogenated alkanes) is 1. The van der Waals surface area contributed by atoms with Crippen LogP contribution in [0.25, 0.3) is 0 Å². The molecule has 0 aliphatic carbocycles. The van der Waals surface area contributed by atoms with E-state index in [1.54, 1.807) is 0 Å². The molecule has 0 unspecified atom stereocenters. The standard InChI is InChI=1S/C11H10N4O2/c1-2-3-4-5-13-11-9(7-12)6-10(8-14-11)15(16)17/h1,6,8H,3-5H2,(H,13,14). The van der Waals surface area contributed by atoms with E-state index in [0.717, 1.165) is 12.6 Å². The van der Waals surface area contributed by atoms with Crippen LogP contribution < -0.4 is 5.32 Å². The van der Waals surface area contributed by atoms with Gasteiger partial charge in [0.15, 0.2) is 0 Å². The minimum atomic E-state index is -0.587. The van der Waals surface area contributed by atoms with Gasteiger partial charge in [0, 0.05) is 19.0 Å². The number of aromatic nitrogens is 1. The molecule has 0 bridgehead atoms. The Morgan fingerprint density at radius 3 is 3.00 bits per heavy atom. The van der Waals surface area contributed by atoms with Gasteiger partial charge in [0.05, 0.1) is 4.92 Å². The van der Waals surface area contributed by atoms with E-state index in [9.17, 15) is 10.1 Å². The van der Waals surface area contributed by atoms with Crippen molar-refractivity contribution in [2.24, 2.45) is 0 Å². The second-order valence-electron chi connectivity index (χ2n) is 3.19. The van der Waals surface area contributed by atoms with Crippen LogP contribution in [0.2, 0.25) is 0 Å². The van der Waals surface area contributed by atoms with Crippen molar-refractivity contribution in [3.05, 3.63) is 27.9 Å². The summed E-state index contributed by atoms with van der Waals surface area (Å²) in [5.74, 6) is 2.83. The van der Waals surface area contributed by atoms with E-state index in [1.807, 2.05) is 6.07 Å². The molecule has 17 heavy (non-hydrogen) atoms. The molecule has 6 nitrogen and oxygen atoms in total. The molecule has 1 aromatic heterocycles. The number of nitro groups is 1. The Balaban J connectivity index is 2.77. The van der Waals surface area contributed by atoms with Crippen LogP contribution >= 0.6 is 0 Å². The average molecular weight is 230 g/mol. The van der Waals surface area contributed by atoms with Gasteiger partial charge in [0.1, 0.15) is 23.6 Å². The lowest BCUT2D eigenvalue weighted by molar-refractivity contribution is -0.385. The Bertz CT molecular complexity index is 499. The van der Waals surface area contributed by atoms with E-state index in [4.69, 9.17) is 11.7 Å². The van der Waals surface area contributed by atoms with E-state index in [-0.39, 0.29) is 11.3 Å². The molecule has 86 valence electrons. The van der Waals surface area contributed by atoms with Crippen molar-refractivity contribution in [1.82, 2.24) is 4.98 Å². The highest BCUT2D eigenvalue weighted by molar-refractivity contribution is 5.55. The van der Waals surface area contributed by atoms with Crippen molar-refractivity contribution in [3.63, 3.8) is 0 Å². The Hall–Kier alpha value is -2.60. The number of nitriles is 1. The van der Waals surface area contributed by atoms with Crippen molar-refractivity contribution in [1.29, 1.82) is 5.26 Å². The fraction of sp³-hybridized carbons (Fsp3) is 0.273. The van der Waals surface area contributed by atoms with Crippen molar-refractivity contribution < 1.29 is 4.92 Å². The molecule has 0 atom stereocenters. The third-order valence-electron chi connectivity index (χ3n) is 1.99. The Labute approximate surface area is 98.4 Å². The van der Waals surface area contributed by atoms with Gasteiger partial charge in [-0.15, -0.1) is 12.3 Å². The third-order valence-corrected chi connectivity index (χ3v) is 1.99. The summed E-state index contributed by atoms with van der Waals surface area (Å²) in [5, 5.41) is 22.2. The highest BCUT2D eigenvalue weighted by Crippen LogP contribution is 2.17. The third kappa shape index (κ3) is 3.47. The predicted molar refractivity (Wildman–Crippen MR) is 62.2 cm³/mol. The highest BCUT2D eigenvalue weighted by atomic mass is 16.6. The topological polar surface area (TPSA) is 91.8 Å². The second-order valence-corrected chi connectivity index (χ2v) is 3.19. The lowest BCUT2D eigenvalue weighted by Gasteiger charge is -2.05. The van der Waals surface area contributed by atoms with Crippen LogP contribution in [0.1, 0.15) is 18.4 Å². The summed E-state index contributed by atoms with van der Waals surface area (Å²) in [6, 6.07) is 3.05. The summed E-state index contributed by atoms with van der Waals surface area (Å²) in [7, 11) is 0. The first-order valence-corrected chi connectivity index (χ1v) is 4.91. The molecule has 0 aromatic carbocycles. The van der Waals surface area contributed by atoms with Gasteiger partial charge in [-0.3, -0.25) is 10.1 Å². The van der Waals surface area contributed by atoms with Crippen molar-refractivity contribution in [2.75, 3.05) is 11.9 Å². The molecule has 0 radical (unpaired) electrons. The van der Waals surface area contributed by atoms with Gasteiger partial charge in [0.2, 0.25) is 0 Å². The minimum absolute atomic E-state index is 0.153. The average Bonchev–Trinajstić information content (AvgIpc) is 2.34. The quantitative estimate of drug-likeness (QED) is 0.359. The highest BCUT2D eigenvalue weighted by Gasteiger charge is 2.11. The summed E-state index contributed by atoms with van der Waals surface area (Å²) >= 11 is 0. The molecular formula is C11H10N4O2. The van der Waals surface area contributed by atoms with Gasteiger partial charge in [-0.1, -0.05) is 0 Å². The summed E-state index contributed by atoms with van der Waals surface area (Å²) in [6.45, 7) is 0.573. The lowest BCUT2D eigenvalue weighted by atomic mass is 10.2. The summed E-state index contributed by atoms with van der Waals surface area (Å²) in [4.78, 5) is 13.7. The summed E-state index contributed by atoms with van der Waals surface area (Å²) in [6.07, 6.45) is 7.59. The first kappa shape index (κ1) is 12.5. The van der Waals surface area contributed by atoms with E-state index >= 15 is 0 Å². The van der Waals surface area contributed by atoms with Gasteiger partial charge in [0.25, 0.3) is 5.69 Å². The number of hydrogen-bond donors (Lipinski definition) is 1. The van der Waals surface area contributed by atoms with Crippen molar-refractivity contribution >= 4 is 11.5 Å². The lowest BCUT2D eigenvalue weighted by Crippen LogP contribution is -2.05. The van der Waals surface area contributed by atoms with E-state index < -0.39 is 4.92 Å². The van der Waals surface area contributed by atoms with Gasteiger partial charge in [-0.25, -0.2) is 4.98 Å². The number of nitrogens with zero attached hydrogens (tertiary/aromatic N) is 3. The number of hydrogen-bond acceptors (Lipinski definition) is 5. The Morgan fingerprint density at radius 1 is 1.65 bits per heavy atom. The molecule has 1 heterocycles. The van der Waals surface area contributed by atoms with Crippen LogP contribution in [0.4, 0.5) is 11.5 Å². The maximum atomic E-state index is 10.5. The molecular weight excluding hydrogens is 220 g/mol. The SMILES string of the molecule is C#CCCCNc1ncc([N+](=O)[O-])cc1C#N. The predicted octanol–water partition coefficient (Wildman–Crippen LogP) is 1.69. The molecule has 1 aromatic rings. The second kappa shape index (κ2) is 6.09. The summed E-state index contributed by atoms with van der Waals surface area (Å²) < 4.78 is 0. The molecule has 0 aliphatic heterocycles. The molecule has 0 amide bonds. The van der Waals surface area contributed by atoms with Gasteiger partial charge >= 0.3 is 0 Å². The van der Waals surface area contributed by atoms with Crippen LogP contribution in [0, 0.1) is 33.8 Å². The van der Waals surface area contributed by atoms with E-state index in [2.05, 4.69) is 16.2 Å². The molecule has 0 saturated carbocycles. The fourth-order valence-corrected chi connectivity index (χ4v) is 1.18. The van der Waals surface area contributed by atoms with Gasteiger partial charge in [-0.2, -0.15) is 5.26 Å². The molecule has 0 saturated heterocycles. The van der Waals surface area contributed by atoms with E-state index in [1.165, 1.54) is 6.07 Å². The van der Waals surface area contributed by atoms with Crippen LogP contribution in [-0.4, -0.2) is 16.5 Å². The van der Waals surface area contributed by atoms with E-state index in [0.29, 0.717) is 18.8 Å². The Morgan fingerprint density at radius 2 is 2.41 bits per heavy atom. The van der Waals surface area contributed by atoms with Crippen LogP contribution in [-0.2, 0) is 0 Å². The zero-order chi connectivity index (χ0) is 12.7. The van der Waals surface area contributed by atoms with Crippen molar-refractivity contribution in [2.45, 2.75) is 12.8 Å². The Kier molecular flexibility index (Phi) is 4.46. The summed E-state index contributed by atoms with van der Waals surface area (Å²) in [5.41, 5.74) is -0.0457. The molecule has 1 rings (SSSR count). The van der Waals surface area contributed by atoms with Gasteiger partial charge < -0.3 is 5.32 Å². The molecule has 0 spiro atoms. The zero-order valence-electron chi connectivity index (χ0n) is 9.01. The number of terminal acetylenes is 1. The number of pyridine rings is 1.